The summed E-state index contributed by atoms with van der Waals surface area (Å²) in [5.74, 6) is 0. The third-order valence-corrected chi connectivity index (χ3v) is 4.42. The van der Waals surface area contributed by atoms with Crippen LogP contribution in [0.3, 0.4) is 0 Å². The molecule has 0 aliphatic heterocycles. The highest BCUT2D eigenvalue weighted by Crippen LogP contribution is 2.34. The summed E-state index contributed by atoms with van der Waals surface area (Å²) in [6.45, 7) is 4.42. The molecule has 0 atom stereocenters. The SMILES string of the molecule is CCCN(c1ncc(CNC2CC2)s1)C1CC1. The molecule has 3 nitrogen and oxygen atoms in total. The molecule has 1 N–H and O–H groups in total. The smallest absolute Gasteiger partial charge is 0.185 e. The van der Waals surface area contributed by atoms with Gasteiger partial charge in [-0.3, -0.25) is 0 Å². The number of anilines is 1. The number of rotatable bonds is 7. The van der Waals surface area contributed by atoms with Crippen LogP contribution in [0, 0.1) is 0 Å². The van der Waals surface area contributed by atoms with E-state index in [0.29, 0.717) is 0 Å². The van der Waals surface area contributed by atoms with Crippen LogP contribution in [0.2, 0.25) is 0 Å². The maximum Gasteiger partial charge on any atom is 0.185 e. The lowest BCUT2D eigenvalue weighted by Gasteiger charge is -2.20. The molecule has 1 aromatic rings. The van der Waals surface area contributed by atoms with Gasteiger partial charge < -0.3 is 10.2 Å². The molecule has 1 aromatic heterocycles. The van der Waals surface area contributed by atoms with E-state index in [4.69, 9.17) is 0 Å². The van der Waals surface area contributed by atoms with E-state index in [1.54, 1.807) is 0 Å². The summed E-state index contributed by atoms with van der Waals surface area (Å²) in [5.41, 5.74) is 0. The van der Waals surface area contributed by atoms with Crippen molar-refractivity contribution in [2.24, 2.45) is 0 Å². The van der Waals surface area contributed by atoms with E-state index in [1.807, 2.05) is 11.3 Å². The average Bonchev–Trinajstić information content (AvgIpc) is 3.23. The molecular weight excluding hydrogens is 230 g/mol. The second-order valence-electron chi connectivity index (χ2n) is 5.19. The molecule has 2 fully saturated rings. The highest BCUT2D eigenvalue weighted by Gasteiger charge is 2.30. The van der Waals surface area contributed by atoms with Gasteiger partial charge in [0.1, 0.15) is 0 Å². The first kappa shape index (κ1) is 11.5. The zero-order valence-corrected chi connectivity index (χ0v) is 11.3. The summed E-state index contributed by atoms with van der Waals surface area (Å²) >= 11 is 1.87. The third-order valence-electron chi connectivity index (χ3n) is 3.38. The number of hydrogen-bond donors (Lipinski definition) is 1. The molecule has 2 aliphatic carbocycles. The fraction of sp³-hybridized carbons (Fsp3) is 0.769. The Bertz CT molecular complexity index is 368. The molecular formula is C13H21N3S. The first-order valence-corrected chi connectivity index (χ1v) is 7.63. The van der Waals surface area contributed by atoms with Crippen LogP contribution in [0.15, 0.2) is 6.20 Å². The van der Waals surface area contributed by atoms with Gasteiger partial charge in [-0.25, -0.2) is 4.98 Å². The van der Waals surface area contributed by atoms with Crippen LogP contribution in [-0.2, 0) is 6.54 Å². The molecule has 17 heavy (non-hydrogen) atoms. The van der Waals surface area contributed by atoms with E-state index in [2.05, 4.69) is 28.3 Å². The number of aromatic nitrogens is 1. The lowest BCUT2D eigenvalue weighted by Crippen LogP contribution is -2.26. The number of nitrogens with one attached hydrogen (secondary N) is 1. The monoisotopic (exact) mass is 251 g/mol. The second kappa shape index (κ2) is 4.94. The van der Waals surface area contributed by atoms with Crippen molar-refractivity contribution in [2.45, 2.75) is 57.7 Å². The quantitative estimate of drug-likeness (QED) is 0.807. The minimum Gasteiger partial charge on any atom is -0.345 e. The standard InChI is InChI=1S/C13H21N3S/c1-2-7-16(11-5-6-11)13-15-9-12(17-13)8-14-10-3-4-10/h9-11,14H,2-8H2,1H3. The Morgan fingerprint density at radius 1 is 1.41 bits per heavy atom. The van der Waals surface area contributed by atoms with Crippen molar-refractivity contribution in [1.82, 2.24) is 10.3 Å². The summed E-state index contributed by atoms with van der Waals surface area (Å²) in [6.07, 6.45) is 8.70. The highest BCUT2D eigenvalue weighted by atomic mass is 32.1. The third kappa shape index (κ3) is 2.99. The topological polar surface area (TPSA) is 28.2 Å². The van der Waals surface area contributed by atoms with Crippen LogP contribution in [-0.4, -0.2) is 23.6 Å². The summed E-state index contributed by atoms with van der Waals surface area (Å²) in [6, 6.07) is 1.57. The Morgan fingerprint density at radius 2 is 2.24 bits per heavy atom. The van der Waals surface area contributed by atoms with Crippen molar-refractivity contribution in [3.05, 3.63) is 11.1 Å². The summed E-state index contributed by atoms with van der Waals surface area (Å²) in [4.78, 5) is 8.49. The van der Waals surface area contributed by atoms with Gasteiger partial charge in [-0.2, -0.15) is 0 Å². The van der Waals surface area contributed by atoms with E-state index in [9.17, 15) is 0 Å². The lowest BCUT2D eigenvalue weighted by atomic mass is 10.4. The van der Waals surface area contributed by atoms with Crippen LogP contribution in [0.25, 0.3) is 0 Å². The summed E-state index contributed by atoms with van der Waals surface area (Å²) < 4.78 is 0. The van der Waals surface area contributed by atoms with Gasteiger partial charge in [0.25, 0.3) is 0 Å². The van der Waals surface area contributed by atoms with Crippen LogP contribution >= 0.6 is 11.3 Å². The summed E-state index contributed by atoms with van der Waals surface area (Å²) in [7, 11) is 0. The predicted molar refractivity (Wildman–Crippen MR) is 72.6 cm³/mol. The predicted octanol–water partition coefficient (Wildman–Crippen LogP) is 2.77. The van der Waals surface area contributed by atoms with Crippen molar-refractivity contribution >= 4 is 16.5 Å². The molecule has 0 unspecified atom stereocenters. The summed E-state index contributed by atoms with van der Waals surface area (Å²) in [5, 5.41) is 4.79. The number of nitrogens with zero attached hydrogens (tertiary/aromatic N) is 2. The van der Waals surface area contributed by atoms with Crippen molar-refractivity contribution < 1.29 is 0 Å². The van der Waals surface area contributed by atoms with E-state index in [1.165, 1.54) is 42.1 Å². The molecule has 1 heterocycles. The van der Waals surface area contributed by atoms with Crippen molar-refractivity contribution in [3.63, 3.8) is 0 Å². The van der Waals surface area contributed by atoms with E-state index >= 15 is 0 Å². The Balaban J connectivity index is 1.60. The van der Waals surface area contributed by atoms with Gasteiger partial charge in [0.15, 0.2) is 5.13 Å². The highest BCUT2D eigenvalue weighted by molar-refractivity contribution is 7.15. The van der Waals surface area contributed by atoms with Gasteiger partial charge in [0.2, 0.25) is 0 Å². The molecule has 0 spiro atoms. The molecule has 0 amide bonds. The van der Waals surface area contributed by atoms with Crippen molar-refractivity contribution in [1.29, 1.82) is 0 Å². The molecule has 0 aromatic carbocycles. The second-order valence-corrected chi connectivity index (χ2v) is 6.28. The van der Waals surface area contributed by atoms with Gasteiger partial charge in [-0.15, -0.1) is 11.3 Å². The molecule has 2 aliphatic rings. The zero-order chi connectivity index (χ0) is 11.7. The minimum absolute atomic E-state index is 0.783. The minimum atomic E-state index is 0.783. The number of hydrogen-bond acceptors (Lipinski definition) is 4. The Labute approximate surface area is 107 Å². The van der Waals surface area contributed by atoms with E-state index in [0.717, 1.165) is 25.2 Å². The fourth-order valence-electron chi connectivity index (χ4n) is 2.11. The molecule has 2 saturated carbocycles. The van der Waals surface area contributed by atoms with E-state index < -0.39 is 0 Å². The van der Waals surface area contributed by atoms with E-state index in [-0.39, 0.29) is 0 Å². The van der Waals surface area contributed by atoms with Gasteiger partial charge in [-0.05, 0) is 32.1 Å². The molecule has 0 radical (unpaired) electrons. The van der Waals surface area contributed by atoms with Gasteiger partial charge in [0, 0.05) is 36.2 Å². The maximum absolute atomic E-state index is 4.60. The Hall–Kier alpha value is -0.610. The first-order chi connectivity index (χ1) is 8.36. The average molecular weight is 251 g/mol. The lowest BCUT2D eigenvalue weighted by molar-refractivity contribution is 0.694. The zero-order valence-electron chi connectivity index (χ0n) is 10.5. The van der Waals surface area contributed by atoms with Crippen molar-refractivity contribution in [3.8, 4) is 0 Å². The van der Waals surface area contributed by atoms with Crippen LogP contribution in [0.4, 0.5) is 5.13 Å². The van der Waals surface area contributed by atoms with Crippen LogP contribution < -0.4 is 10.2 Å². The number of thiazole rings is 1. The van der Waals surface area contributed by atoms with Gasteiger partial charge >= 0.3 is 0 Å². The first-order valence-electron chi connectivity index (χ1n) is 6.81. The largest absolute Gasteiger partial charge is 0.345 e. The molecule has 94 valence electrons. The van der Waals surface area contributed by atoms with Crippen molar-refractivity contribution in [2.75, 3.05) is 11.4 Å². The van der Waals surface area contributed by atoms with Gasteiger partial charge in [0.05, 0.1) is 0 Å². The Morgan fingerprint density at radius 3 is 2.88 bits per heavy atom. The van der Waals surface area contributed by atoms with Crippen LogP contribution in [0.1, 0.15) is 43.9 Å². The normalized spacial score (nSPS) is 19.6. The molecule has 0 saturated heterocycles. The fourth-order valence-corrected chi connectivity index (χ4v) is 3.06. The molecule has 4 heteroatoms. The van der Waals surface area contributed by atoms with Crippen LogP contribution in [0.5, 0.6) is 0 Å². The van der Waals surface area contributed by atoms with Gasteiger partial charge in [-0.1, -0.05) is 6.92 Å². The molecule has 3 rings (SSSR count). The Kier molecular flexibility index (Phi) is 3.34. The molecule has 0 bridgehead atoms. The maximum atomic E-state index is 4.60.